The molecule has 0 unspecified atom stereocenters. The van der Waals surface area contributed by atoms with Gasteiger partial charge in [0.05, 0.1) is 12.7 Å². The molecule has 1 aliphatic rings. The van der Waals surface area contributed by atoms with Crippen molar-refractivity contribution >= 4 is 29.5 Å². The average molecular weight is 458 g/mol. The van der Waals surface area contributed by atoms with Crippen LogP contribution in [0, 0.1) is 19.8 Å². The van der Waals surface area contributed by atoms with Gasteiger partial charge in [0, 0.05) is 36.6 Å². The number of hydrogen-bond acceptors (Lipinski definition) is 5. The van der Waals surface area contributed by atoms with Crippen LogP contribution in [0.3, 0.4) is 0 Å². The van der Waals surface area contributed by atoms with Crippen molar-refractivity contribution in [2.75, 3.05) is 26.5 Å². The van der Waals surface area contributed by atoms with Gasteiger partial charge in [-0.05, 0) is 62.1 Å². The minimum Gasteiger partial charge on any atom is -0.465 e. The van der Waals surface area contributed by atoms with Crippen molar-refractivity contribution in [2.45, 2.75) is 44.6 Å². The number of thioether (sulfide) groups is 1. The fourth-order valence-corrected chi connectivity index (χ4v) is 4.56. The molecule has 0 bridgehead atoms. The molecule has 0 saturated carbocycles. The number of rotatable bonds is 7. The summed E-state index contributed by atoms with van der Waals surface area (Å²) in [5, 5.41) is 3.00. The van der Waals surface area contributed by atoms with Gasteiger partial charge in [0.1, 0.15) is 5.69 Å². The van der Waals surface area contributed by atoms with Gasteiger partial charge in [-0.3, -0.25) is 9.59 Å². The van der Waals surface area contributed by atoms with Crippen LogP contribution in [-0.2, 0) is 16.1 Å². The highest BCUT2D eigenvalue weighted by atomic mass is 32.2. The number of benzene rings is 1. The summed E-state index contributed by atoms with van der Waals surface area (Å²) >= 11 is 1.69. The van der Waals surface area contributed by atoms with Crippen molar-refractivity contribution in [3.05, 3.63) is 52.3 Å². The van der Waals surface area contributed by atoms with Gasteiger partial charge < -0.3 is 19.9 Å². The number of nitrogens with one attached hydrogen (secondary N) is 2. The van der Waals surface area contributed by atoms with E-state index in [1.807, 2.05) is 18.4 Å². The number of H-pyrrole nitrogens is 1. The lowest BCUT2D eigenvalue weighted by Crippen LogP contribution is -2.40. The van der Waals surface area contributed by atoms with Crippen molar-refractivity contribution in [1.82, 2.24) is 15.2 Å². The van der Waals surface area contributed by atoms with E-state index in [4.69, 9.17) is 4.74 Å². The van der Waals surface area contributed by atoms with E-state index in [9.17, 15) is 14.4 Å². The molecule has 172 valence electrons. The number of amides is 2. The molecule has 0 aliphatic carbocycles. The van der Waals surface area contributed by atoms with Crippen LogP contribution in [-0.4, -0.2) is 54.1 Å². The maximum atomic E-state index is 13.0. The molecule has 0 spiro atoms. The molecule has 32 heavy (non-hydrogen) atoms. The fourth-order valence-electron chi connectivity index (χ4n) is 4.15. The first-order chi connectivity index (χ1) is 15.3. The smallest absolute Gasteiger partial charge is 0.339 e. The number of piperidine rings is 1. The lowest BCUT2D eigenvalue weighted by molar-refractivity contribution is -0.122. The second-order valence-corrected chi connectivity index (χ2v) is 9.06. The molecule has 0 radical (unpaired) electrons. The van der Waals surface area contributed by atoms with Crippen LogP contribution < -0.4 is 5.32 Å². The Balaban J connectivity index is 1.49. The van der Waals surface area contributed by atoms with Crippen LogP contribution in [0.1, 0.15) is 56.9 Å². The van der Waals surface area contributed by atoms with E-state index in [0.717, 1.165) is 18.4 Å². The molecule has 1 aromatic carbocycles. The van der Waals surface area contributed by atoms with Crippen LogP contribution >= 0.6 is 11.8 Å². The number of esters is 1. The van der Waals surface area contributed by atoms with Gasteiger partial charge in [-0.2, -0.15) is 0 Å². The Morgan fingerprint density at radius 1 is 1.16 bits per heavy atom. The summed E-state index contributed by atoms with van der Waals surface area (Å²) in [7, 11) is 1.33. The molecule has 8 heteroatoms. The summed E-state index contributed by atoms with van der Waals surface area (Å²) in [6.07, 6.45) is 4.07. The van der Waals surface area contributed by atoms with Gasteiger partial charge in [0.25, 0.3) is 5.91 Å². The number of aromatic amines is 1. The Bertz CT molecular complexity index is 976. The standard InChI is InChI=1S/C24H31N3O4S/c1-15-21(24(30)31-3)16(2)26-22(15)23(29)27-11-9-17(10-12-27)13-20(28)25-14-18-5-7-19(32-4)8-6-18/h5-8,17,26H,9-14H2,1-4H3,(H,25,28). The van der Waals surface area contributed by atoms with E-state index in [1.54, 1.807) is 30.5 Å². The fraction of sp³-hybridized carbons (Fsp3) is 0.458. The lowest BCUT2D eigenvalue weighted by Gasteiger charge is -2.31. The number of nitrogens with zero attached hydrogens (tertiary/aromatic N) is 1. The topological polar surface area (TPSA) is 91.5 Å². The van der Waals surface area contributed by atoms with Gasteiger partial charge in [-0.15, -0.1) is 11.8 Å². The van der Waals surface area contributed by atoms with Gasteiger partial charge in [-0.25, -0.2) is 4.79 Å². The first-order valence-corrected chi connectivity index (χ1v) is 12.0. The largest absolute Gasteiger partial charge is 0.465 e. The highest BCUT2D eigenvalue weighted by Gasteiger charge is 2.29. The summed E-state index contributed by atoms with van der Waals surface area (Å²) in [6.45, 7) is 5.24. The third-order valence-corrected chi connectivity index (χ3v) is 6.81. The summed E-state index contributed by atoms with van der Waals surface area (Å²) < 4.78 is 4.82. The van der Waals surface area contributed by atoms with E-state index in [2.05, 4.69) is 22.4 Å². The summed E-state index contributed by atoms with van der Waals surface area (Å²) in [5.74, 6) is -0.255. The Labute approximate surface area is 193 Å². The van der Waals surface area contributed by atoms with E-state index in [1.165, 1.54) is 12.0 Å². The number of ether oxygens (including phenoxy) is 1. The van der Waals surface area contributed by atoms with Gasteiger partial charge in [-0.1, -0.05) is 12.1 Å². The Morgan fingerprint density at radius 3 is 2.41 bits per heavy atom. The number of hydrogen-bond donors (Lipinski definition) is 2. The van der Waals surface area contributed by atoms with E-state index >= 15 is 0 Å². The van der Waals surface area contributed by atoms with Crippen molar-refractivity contribution in [2.24, 2.45) is 5.92 Å². The molecule has 2 aromatic rings. The summed E-state index contributed by atoms with van der Waals surface area (Å²) in [5.41, 5.74) is 3.19. The van der Waals surface area contributed by atoms with Crippen LogP contribution in [0.5, 0.6) is 0 Å². The van der Waals surface area contributed by atoms with Gasteiger partial charge >= 0.3 is 5.97 Å². The second kappa shape index (κ2) is 10.7. The molecule has 7 nitrogen and oxygen atoms in total. The molecule has 0 atom stereocenters. The highest BCUT2D eigenvalue weighted by molar-refractivity contribution is 7.98. The zero-order chi connectivity index (χ0) is 23.3. The minimum atomic E-state index is -0.444. The first-order valence-electron chi connectivity index (χ1n) is 10.8. The quantitative estimate of drug-likeness (QED) is 0.489. The third-order valence-electron chi connectivity index (χ3n) is 6.07. The number of carbonyl (C=O) groups is 3. The SMILES string of the molecule is COC(=O)c1c(C)[nH]c(C(=O)N2CCC(CC(=O)NCc3ccc(SC)cc3)CC2)c1C. The number of methoxy groups -OCH3 is 1. The number of aromatic nitrogens is 1. The monoisotopic (exact) mass is 457 g/mol. The van der Waals surface area contributed by atoms with Crippen molar-refractivity contribution in [3.8, 4) is 0 Å². The van der Waals surface area contributed by atoms with Crippen LogP contribution in [0.15, 0.2) is 29.2 Å². The maximum absolute atomic E-state index is 13.0. The average Bonchev–Trinajstić information content (AvgIpc) is 3.11. The second-order valence-electron chi connectivity index (χ2n) is 8.18. The van der Waals surface area contributed by atoms with Crippen LogP contribution in [0.4, 0.5) is 0 Å². The Hall–Kier alpha value is -2.74. The van der Waals surface area contributed by atoms with Gasteiger partial charge in [0.15, 0.2) is 0 Å². The zero-order valence-electron chi connectivity index (χ0n) is 19.1. The molecule has 2 N–H and O–H groups in total. The molecule has 2 heterocycles. The molecule has 1 aliphatic heterocycles. The van der Waals surface area contributed by atoms with E-state index in [-0.39, 0.29) is 17.7 Å². The maximum Gasteiger partial charge on any atom is 0.339 e. The van der Waals surface area contributed by atoms with Crippen molar-refractivity contribution in [3.63, 3.8) is 0 Å². The predicted octanol–water partition coefficient (Wildman–Crippen LogP) is 3.70. The lowest BCUT2D eigenvalue weighted by atomic mass is 9.93. The van der Waals surface area contributed by atoms with Crippen LogP contribution in [0.2, 0.25) is 0 Å². The molecular weight excluding hydrogens is 426 g/mol. The Morgan fingerprint density at radius 2 is 1.81 bits per heavy atom. The summed E-state index contributed by atoms with van der Waals surface area (Å²) in [6, 6.07) is 8.18. The Kier molecular flexibility index (Phi) is 8.01. The number of aryl methyl sites for hydroxylation is 1. The molecule has 1 fully saturated rings. The van der Waals surface area contributed by atoms with Crippen molar-refractivity contribution < 1.29 is 19.1 Å². The molecule has 3 rings (SSSR count). The zero-order valence-corrected chi connectivity index (χ0v) is 19.9. The molecule has 2 amide bonds. The van der Waals surface area contributed by atoms with Crippen molar-refractivity contribution in [1.29, 1.82) is 0 Å². The first kappa shape index (κ1) is 23.9. The number of carbonyl (C=O) groups excluding carboxylic acids is 3. The number of likely N-dealkylation sites (tertiary alicyclic amines) is 1. The van der Waals surface area contributed by atoms with Crippen LogP contribution in [0.25, 0.3) is 0 Å². The minimum absolute atomic E-state index is 0.0438. The highest BCUT2D eigenvalue weighted by Crippen LogP contribution is 2.25. The molecule has 1 saturated heterocycles. The normalized spacial score (nSPS) is 14.3. The predicted molar refractivity (Wildman–Crippen MR) is 125 cm³/mol. The summed E-state index contributed by atoms with van der Waals surface area (Å²) in [4.78, 5) is 43.4. The molecular formula is C24H31N3O4S. The third kappa shape index (κ3) is 5.54. The van der Waals surface area contributed by atoms with E-state index < -0.39 is 5.97 Å². The molecule has 1 aromatic heterocycles. The van der Waals surface area contributed by atoms with Gasteiger partial charge in [0.2, 0.25) is 5.91 Å². The van der Waals surface area contributed by atoms with E-state index in [0.29, 0.717) is 48.6 Å².